The van der Waals surface area contributed by atoms with Gasteiger partial charge in [-0.25, -0.2) is 0 Å². The number of likely N-dealkylation sites (N-methyl/N-ethyl adjacent to an activating group) is 1. The molecule has 0 heterocycles. The molecule has 0 spiro atoms. The highest BCUT2D eigenvalue weighted by atomic mass is 16.5. The van der Waals surface area contributed by atoms with Crippen molar-refractivity contribution in [2.45, 2.75) is 64.5 Å². The lowest BCUT2D eigenvalue weighted by atomic mass is 9.78. The molecule has 0 bridgehead atoms. The van der Waals surface area contributed by atoms with Gasteiger partial charge in [-0.3, -0.25) is 4.90 Å². The lowest BCUT2D eigenvalue weighted by molar-refractivity contribution is -0.0251. The van der Waals surface area contributed by atoms with Crippen LogP contribution in [0.25, 0.3) is 0 Å². The summed E-state index contributed by atoms with van der Waals surface area (Å²) in [7, 11) is 1.84. The summed E-state index contributed by atoms with van der Waals surface area (Å²) in [5.74, 6) is 0.747. The Bertz CT molecular complexity index is 235. The first-order chi connectivity index (χ1) is 8.61. The third-order valence-electron chi connectivity index (χ3n) is 4.77. The normalized spacial score (nSPS) is 30.7. The number of hydrogen-bond acceptors (Lipinski definition) is 3. The average molecular weight is 256 g/mol. The monoisotopic (exact) mass is 256 g/mol. The largest absolute Gasteiger partial charge is 0.381 e. The molecule has 1 fully saturated rings. The lowest BCUT2D eigenvalue weighted by Gasteiger charge is -2.48. The molecule has 2 N–H and O–H groups in total. The molecule has 1 rings (SSSR count). The molecule has 1 saturated carbocycles. The molecule has 3 nitrogen and oxygen atoms in total. The van der Waals surface area contributed by atoms with Crippen LogP contribution in [0.15, 0.2) is 0 Å². The van der Waals surface area contributed by atoms with E-state index in [0.717, 1.165) is 25.4 Å². The van der Waals surface area contributed by atoms with Gasteiger partial charge in [-0.15, -0.1) is 0 Å². The Morgan fingerprint density at radius 3 is 2.67 bits per heavy atom. The fourth-order valence-electron chi connectivity index (χ4n) is 3.25. The maximum atomic E-state index is 6.15. The van der Waals surface area contributed by atoms with Crippen molar-refractivity contribution in [3.05, 3.63) is 0 Å². The van der Waals surface area contributed by atoms with Crippen molar-refractivity contribution >= 4 is 0 Å². The van der Waals surface area contributed by atoms with E-state index in [-0.39, 0.29) is 5.54 Å². The predicted octanol–water partition coefficient (Wildman–Crippen LogP) is 2.64. The van der Waals surface area contributed by atoms with Crippen LogP contribution in [0.5, 0.6) is 0 Å². The van der Waals surface area contributed by atoms with E-state index in [1.54, 1.807) is 0 Å². The van der Waals surface area contributed by atoms with Gasteiger partial charge in [0.05, 0.1) is 6.10 Å². The van der Waals surface area contributed by atoms with E-state index in [2.05, 4.69) is 25.7 Å². The van der Waals surface area contributed by atoms with Crippen LogP contribution < -0.4 is 5.73 Å². The van der Waals surface area contributed by atoms with Crippen LogP contribution in [-0.2, 0) is 4.74 Å². The van der Waals surface area contributed by atoms with Crippen LogP contribution in [0.2, 0.25) is 0 Å². The SMILES string of the molecule is CCC(C)CN(CC)C1(CN)CCCC(OC)C1. The Morgan fingerprint density at radius 2 is 2.17 bits per heavy atom. The zero-order chi connectivity index (χ0) is 13.6. The summed E-state index contributed by atoms with van der Waals surface area (Å²) in [6, 6.07) is 0. The highest BCUT2D eigenvalue weighted by molar-refractivity contribution is 4.97. The molecular weight excluding hydrogens is 224 g/mol. The molecule has 0 saturated heterocycles. The van der Waals surface area contributed by atoms with Crippen LogP contribution in [0.3, 0.4) is 0 Å². The molecule has 18 heavy (non-hydrogen) atoms. The van der Waals surface area contributed by atoms with Gasteiger partial charge in [0, 0.05) is 25.7 Å². The van der Waals surface area contributed by atoms with Gasteiger partial charge in [-0.1, -0.05) is 27.2 Å². The van der Waals surface area contributed by atoms with Crippen LogP contribution in [0, 0.1) is 5.92 Å². The quantitative estimate of drug-likeness (QED) is 0.761. The maximum Gasteiger partial charge on any atom is 0.0589 e. The van der Waals surface area contributed by atoms with Crippen molar-refractivity contribution in [1.82, 2.24) is 4.90 Å². The fourth-order valence-corrected chi connectivity index (χ4v) is 3.25. The van der Waals surface area contributed by atoms with Crippen LogP contribution in [-0.4, -0.2) is 43.3 Å². The highest BCUT2D eigenvalue weighted by Gasteiger charge is 2.39. The van der Waals surface area contributed by atoms with Gasteiger partial charge in [0.25, 0.3) is 0 Å². The zero-order valence-corrected chi connectivity index (χ0v) is 12.7. The summed E-state index contributed by atoms with van der Waals surface area (Å²) in [6.45, 7) is 9.89. The number of methoxy groups -OCH3 is 1. The highest BCUT2D eigenvalue weighted by Crippen LogP contribution is 2.34. The third kappa shape index (κ3) is 3.69. The molecule has 0 radical (unpaired) electrons. The summed E-state index contributed by atoms with van der Waals surface area (Å²) in [4.78, 5) is 2.62. The molecule has 0 aromatic rings. The minimum Gasteiger partial charge on any atom is -0.381 e. The third-order valence-corrected chi connectivity index (χ3v) is 4.77. The summed E-state index contributed by atoms with van der Waals surface area (Å²) < 4.78 is 5.59. The zero-order valence-electron chi connectivity index (χ0n) is 12.7. The molecule has 3 atom stereocenters. The van der Waals surface area contributed by atoms with E-state index < -0.39 is 0 Å². The van der Waals surface area contributed by atoms with E-state index in [1.807, 2.05) is 7.11 Å². The van der Waals surface area contributed by atoms with Crippen molar-refractivity contribution in [1.29, 1.82) is 0 Å². The first kappa shape index (κ1) is 15.9. The Morgan fingerprint density at radius 1 is 1.44 bits per heavy atom. The number of hydrogen-bond donors (Lipinski definition) is 1. The Balaban J connectivity index is 2.76. The minimum absolute atomic E-state index is 0.178. The number of ether oxygens (including phenoxy) is 1. The van der Waals surface area contributed by atoms with Crippen molar-refractivity contribution in [3.8, 4) is 0 Å². The van der Waals surface area contributed by atoms with Gasteiger partial charge < -0.3 is 10.5 Å². The van der Waals surface area contributed by atoms with E-state index >= 15 is 0 Å². The van der Waals surface area contributed by atoms with E-state index in [9.17, 15) is 0 Å². The molecule has 0 aromatic heterocycles. The number of nitrogens with two attached hydrogens (primary N) is 1. The summed E-state index contributed by atoms with van der Waals surface area (Å²) in [6.07, 6.45) is 6.41. The summed E-state index contributed by atoms with van der Waals surface area (Å²) >= 11 is 0. The molecule has 3 unspecified atom stereocenters. The second-order valence-corrected chi connectivity index (χ2v) is 5.93. The lowest BCUT2D eigenvalue weighted by Crippen LogP contribution is -2.58. The van der Waals surface area contributed by atoms with Gasteiger partial charge in [-0.2, -0.15) is 0 Å². The van der Waals surface area contributed by atoms with E-state index in [0.29, 0.717) is 6.10 Å². The average Bonchev–Trinajstić information content (AvgIpc) is 2.44. The number of rotatable bonds is 7. The summed E-state index contributed by atoms with van der Waals surface area (Å²) in [5.41, 5.74) is 6.33. The van der Waals surface area contributed by atoms with Crippen LogP contribution in [0.1, 0.15) is 52.9 Å². The summed E-state index contributed by atoms with van der Waals surface area (Å²) in [5, 5.41) is 0. The van der Waals surface area contributed by atoms with Crippen molar-refractivity contribution in [2.24, 2.45) is 11.7 Å². The van der Waals surface area contributed by atoms with Gasteiger partial charge in [-0.05, 0) is 38.1 Å². The van der Waals surface area contributed by atoms with Gasteiger partial charge in [0.15, 0.2) is 0 Å². The second-order valence-electron chi connectivity index (χ2n) is 5.93. The van der Waals surface area contributed by atoms with E-state index in [1.165, 1.54) is 32.2 Å². The minimum atomic E-state index is 0.178. The van der Waals surface area contributed by atoms with Crippen molar-refractivity contribution < 1.29 is 4.74 Å². The van der Waals surface area contributed by atoms with Crippen LogP contribution in [0.4, 0.5) is 0 Å². The van der Waals surface area contributed by atoms with Crippen molar-refractivity contribution in [3.63, 3.8) is 0 Å². The Hall–Kier alpha value is -0.120. The first-order valence-corrected chi connectivity index (χ1v) is 7.59. The molecular formula is C15H32N2O. The molecule has 0 aromatic carbocycles. The maximum absolute atomic E-state index is 6.15. The van der Waals surface area contributed by atoms with Gasteiger partial charge >= 0.3 is 0 Å². The molecule has 1 aliphatic carbocycles. The smallest absolute Gasteiger partial charge is 0.0589 e. The fraction of sp³-hybridized carbons (Fsp3) is 1.00. The van der Waals surface area contributed by atoms with Crippen molar-refractivity contribution in [2.75, 3.05) is 26.7 Å². The standard InChI is InChI=1S/C15H32N2O/c1-5-13(3)11-17(6-2)15(12-16)9-7-8-14(10-15)18-4/h13-14H,5-12,16H2,1-4H3. The second kappa shape index (κ2) is 7.46. The topological polar surface area (TPSA) is 38.5 Å². The molecule has 0 amide bonds. The first-order valence-electron chi connectivity index (χ1n) is 7.59. The van der Waals surface area contributed by atoms with Gasteiger partial charge in [0.2, 0.25) is 0 Å². The molecule has 0 aliphatic heterocycles. The molecule has 3 heteroatoms. The molecule has 1 aliphatic rings. The van der Waals surface area contributed by atoms with E-state index in [4.69, 9.17) is 10.5 Å². The van der Waals surface area contributed by atoms with Crippen LogP contribution >= 0.6 is 0 Å². The predicted molar refractivity (Wildman–Crippen MR) is 77.8 cm³/mol. The Kier molecular flexibility index (Phi) is 6.61. The Labute approximate surface area is 113 Å². The molecule has 108 valence electrons. The number of nitrogens with zero attached hydrogens (tertiary/aromatic N) is 1. The van der Waals surface area contributed by atoms with Gasteiger partial charge in [0.1, 0.15) is 0 Å².